The number of carbonyl (C=O) groups is 3. The van der Waals surface area contributed by atoms with Gasteiger partial charge in [0, 0.05) is 12.2 Å². The number of benzene rings is 2. The Balaban J connectivity index is 1.67. The Morgan fingerprint density at radius 3 is 2.53 bits per heavy atom. The fraction of sp³-hybridized carbons (Fsp3) is 0.318. The van der Waals surface area contributed by atoms with Gasteiger partial charge in [-0.15, -0.1) is 0 Å². The van der Waals surface area contributed by atoms with Crippen molar-refractivity contribution in [2.45, 2.75) is 18.6 Å². The molecule has 0 saturated carbocycles. The smallest absolute Gasteiger partial charge is 0.377 e. The van der Waals surface area contributed by atoms with E-state index in [4.69, 9.17) is 4.74 Å². The molecule has 1 N–H and O–H groups in total. The van der Waals surface area contributed by atoms with Gasteiger partial charge in [-0.2, -0.15) is 13.2 Å². The molecule has 2 aromatic rings. The summed E-state index contributed by atoms with van der Waals surface area (Å²) in [5.74, 6) is -1.61. The predicted octanol–water partition coefficient (Wildman–Crippen LogP) is 2.74. The SMILES string of the molecule is O=C1NC(=O)[C@]2(Cc3cc(C(F)(F)F)ccc3N3CCOC[C@H]32)C(=O)N1c1ccccc1. The third-order valence-corrected chi connectivity index (χ3v) is 6.31. The van der Waals surface area contributed by atoms with E-state index < -0.39 is 41.0 Å². The first kappa shape index (κ1) is 20.5. The Morgan fingerprint density at radius 2 is 1.81 bits per heavy atom. The number of alkyl halides is 3. The Kier molecular flexibility index (Phi) is 4.52. The minimum absolute atomic E-state index is 0.0242. The molecule has 2 fully saturated rings. The molecule has 0 aliphatic carbocycles. The van der Waals surface area contributed by atoms with Gasteiger partial charge >= 0.3 is 12.2 Å². The average Bonchev–Trinajstić information content (AvgIpc) is 2.77. The number of halogens is 3. The fourth-order valence-electron chi connectivity index (χ4n) is 4.82. The van der Waals surface area contributed by atoms with E-state index in [-0.39, 0.29) is 24.3 Å². The number of rotatable bonds is 1. The molecule has 2 atom stereocenters. The highest BCUT2D eigenvalue weighted by molar-refractivity contribution is 6.30. The number of nitrogens with zero attached hydrogens (tertiary/aromatic N) is 2. The summed E-state index contributed by atoms with van der Waals surface area (Å²) in [7, 11) is 0. The molecule has 5 rings (SSSR count). The molecule has 166 valence electrons. The largest absolute Gasteiger partial charge is 0.416 e. The van der Waals surface area contributed by atoms with Gasteiger partial charge in [0.25, 0.3) is 5.91 Å². The minimum atomic E-state index is -4.57. The normalized spacial score (nSPS) is 25.5. The van der Waals surface area contributed by atoms with E-state index in [0.717, 1.165) is 17.0 Å². The van der Waals surface area contributed by atoms with Crippen LogP contribution >= 0.6 is 0 Å². The molecule has 0 radical (unpaired) electrons. The van der Waals surface area contributed by atoms with Gasteiger partial charge in [0.1, 0.15) is 0 Å². The molecule has 7 nitrogen and oxygen atoms in total. The molecule has 3 heterocycles. The number of morpholine rings is 1. The van der Waals surface area contributed by atoms with Crippen LogP contribution < -0.4 is 15.1 Å². The van der Waals surface area contributed by atoms with Crippen molar-refractivity contribution in [2.24, 2.45) is 5.41 Å². The molecule has 0 bridgehead atoms. The summed E-state index contributed by atoms with van der Waals surface area (Å²) in [4.78, 5) is 42.3. The number of imide groups is 2. The monoisotopic (exact) mass is 445 g/mol. The molecule has 3 aliphatic rings. The van der Waals surface area contributed by atoms with Crippen LogP contribution in [0.1, 0.15) is 11.1 Å². The molecule has 1 spiro atoms. The Hall–Kier alpha value is -3.40. The number of amides is 4. The number of anilines is 2. The highest BCUT2D eigenvalue weighted by Crippen LogP contribution is 2.47. The van der Waals surface area contributed by atoms with E-state index in [1.807, 2.05) is 0 Å². The van der Waals surface area contributed by atoms with Gasteiger partial charge in [-0.1, -0.05) is 18.2 Å². The number of urea groups is 1. The lowest BCUT2D eigenvalue weighted by atomic mass is 9.68. The molecule has 2 saturated heterocycles. The number of para-hydroxylation sites is 1. The highest BCUT2D eigenvalue weighted by Gasteiger charge is 2.63. The predicted molar refractivity (Wildman–Crippen MR) is 107 cm³/mol. The molecule has 2 aromatic carbocycles. The number of nitrogens with one attached hydrogen (secondary N) is 1. The number of carbonyl (C=O) groups excluding carboxylic acids is 3. The molecule has 0 aromatic heterocycles. The van der Waals surface area contributed by atoms with Gasteiger partial charge in [-0.3, -0.25) is 14.9 Å². The maximum atomic E-state index is 13.8. The lowest BCUT2D eigenvalue weighted by Crippen LogP contribution is -2.74. The standard InChI is InChI=1S/C22H18F3N3O4/c23-22(24,25)14-6-7-16-13(10-14)11-21(17-12-32-9-8-27(16)17)18(29)26-20(31)28(19(21)30)15-4-2-1-3-5-15/h1-7,10,17H,8-9,11-12H2,(H,26,29,31)/t17-,21+/m0/s1. The van der Waals surface area contributed by atoms with E-state index in [2.05, 4.69) is 5.32 Å². The lowest BCUT2D eigenvalue weighted by Gasteiger charge is -2.53. The second-order valence-electron chi connectivity index (χ2n) is 8.01. The van der Waals surface area contributed by atoms with Gasteiger partial charge < -0.3 is 9.64 Å². The number of fused-ring (bicyclic) bond motifs is 4. The van der Waals surface area contributed by atoms with E-state index in [1.165, 1.54) is 6.07 Å². The van der Waals surface area contributed by atoms with E-state index in [0.29, 0.717) is 18.8 Å². The summed E-state index contributed by atoms with van der Waals surface area (Å²) in [6, 6.07) is 9.77. The van der Waals surface area contributed by atoms with Crippen LogP contribution in [0.3, 0.4) is 0 Å². The van der Waals surface area contributed by atoms with Crippen molar-refractivity contribution in [3.8, 4) is 0 Å². The third-order valence-electron chi connectivity index (χ3n) is 6.31. The summed E-state index contributed by atoms with van der Waals surface area (Å²) in [5.41, 5.74) is -1.66. The third kappa shape index (κ3) is 2.89. The van der Waals surface area contributed by atoms with Gasteiger partial charge in [0.05, 0.1) is 30.5 Å². The van der Waals surface area contributed by atoms with E-state index >= 15 is 0 Å². The zero-order valence-corrected chi connectivity index (χ0v) is 16.7. The van der Waals surface area contributed by atoms with Crippen LogP contribution in [0.25, 0.3) is 0 Å². The number of hydrogen-bond donors (Lipinski definition) is 1. The van der Waals surface area contributed by atoms with Gasteiger partial charge in [0.2, 0.25) is 5.91 Å². The molecular formula is C22H18F3N3O4. The Labute approximate surface area is 180 Å². The highest BCUT2D eigenvalue weighted by atomic mass is 19.4. The van der Waals surface area contributed by atoms with Crippen LogP contribution in [0.2, 0.25) is 0 Å². The van der Waals surface area contributed by atoms with Crippen molar-refractivity contribution < 1.29 is 32.3 Å². The first-order valence-corrected chi connectivity index (χ1v) is 10.0. The van der Waals surface area contributed by atoms with Crippen molar-refractivity contribution in [1.82, 2.24) is 5.32 Å². The molecule has 0 unspecified atom stereocenters. The van der Waals surface area contributed by atoms with Crippen LogP contribution in [0.4, 0.5) is 29.3 Å². The molecule has 3 aliphatic heterocycles. The van der Waals surface area contributed by atoms with Crippen molar-refractivity contribution in [2.75, 3.05) is 29.6 Å². The van der Waals surface area contributed by atoms with Gasteiger partial charge in [-0.25, -0.2) is 9.69 Å². The van der Waals surface area contributed by atoms with Crippen LogP contribution in [-0.2, 0) is 26.9 Å². The van der Waals surface area contributed by atoms with Crippen LogP contribution in [0.5, 0.6) is 0 Å². The lowest BCUT2D eigenvalue weighted by molar-refractivity contribution is -0.146. The maximum absolute atomic E-state index is 13.8. The zero-order valence-electron chi connectivity index (χ0n) is 16.7. The van der Waals surface area contributed by atoms with Crippen molar-refractivity contribution in [3.05, 3.63) is 59.7 Å². The topological polar surface area (TPSA) is 79.0 Å². The van der Waals surface area contributed by atoms with E-state index in [9.17, 15) is 27.6 Å². The van der Waals surface area contributed by atoms with Crippen LogP contribution in [0.15, 0.2) is 48.5 Å². The summed E-state index contributed by atoms with van der Waals surface area (Å²) >= 11 is 0. The van der Waals surface area contributed by atoms with Crippen molar-refractivity contribution in [1.29, 1.82) is 0 Å². The van der Waals surface area contributed by atoms with E-state index in [1.54, 1.807) is 35.2 Å². The first-order chi connectivity index (χ1) is 15.2. The molecule has 10 heteroatoms. The molecule has 32 heavy (non-hydrogen) atoms. The average molecular weight is 445 g/mol. The number of barbiturate groups is 1. The summed E-state index contributed by atoms with van der Waals surface area (Å²) in [6.45, 7) is 0.616. The summed E-state index contributed by atoms with van der Waals surface area (Å²) < 4.78 is 45.7. The van der Waals surface area contributed by atoms with Gasteiger partial charge in [0.15, 0.2) is 5.41 Å². The van der Waals surface area contributed by atoms with Gasteiger partial charge in [-0.05, 0) is 42.3 Å². The minimum Gasteiger partial charge on any atom is -0.377 e. The summed E-state index contributed by atoms with van der Waals surface area (Å²) in [6.07, 6.45) is -4.85. The van der Waals surface area contributed by atoms with Crippen molar-refractivity contribution >= 4 is 29.2 Å². The van der Waals surface area contributed by atoms with Crippen molar-refractivity contribution in [3.63, 3.8) is 0 Å². The maximum Gasteiger partial charge on any atom is 0.416 e. The zero-order chi connectivity index (χ0) is 22.7. The first-order valence-electron chi connectivity index (χ1n) is 10.0. The second-order valence-corrected chi connectivity index (χ2v) is 8.01. The number of ether oxygens (including phenoxy) is 1. The number of hydrogen-bond acceptors (Lipinski definition) is 5. The molecule has 4 amide bonds. The molecular weight excluding hydrogens is 427 g/mol. The Morgan fingerprint density at radius 1 is 1.06 bits per heavy atom. The second kappa shape index (κ2) is 7.06. The Bertz CT molecular complexity index is 1120. The van der Waals surface area contributed by atoms with Crippen LogP contribution in [-0.4, -0.2) is 43.6 Å². The fourth-order valence-corrected chi connectivity index (χ4v) is 4.82. The summed E-state index contributed by atoms with van der Waals surface area (Å²) in [5, 5.41) is 2.25. The van der Waals surface area contributed by atoms with Crippen LogP contribution in [0, 0.1) is 5.41 Å². The quantitative estimate of drug-likeness (QED) is 0.683.